The molecule has 1 aliphatic carbocycles. The zero-order valence-electron chi connectivity index (χ0n) is 16.2. The van der Waals surface area contributed by atoms with Crippen molar-refractivity contribution in [2.24, 2.45) is 5.92 Å². The summed E-state index contributed by atoms with van der Waals surface area (Å²) in [5.74, 6) is 0.185. The summed E-state index contributed by atoms with van der Waals surface area (Å²) in [6.45, 7) is 2.70. The Balaban J connectivity index is 1.35. The number of aromatic nitrogens is 4. The number of rotatable bonds is 5. The molecule has 1 saturated heterocycles. The van der Waals surface area contributed by atoms with E-state index in [1.165, 1.54) is 19.3 Å². The van der Waals surface area contributed by atoms with E-state index < -0.39 is 0 Å². The van der Waals surface area contributed by atoms with Crippen molar-refractivity contribution in [1.29, 1.82) is 0 Å². The SMILES string of the molecule is Cc1ccc(N2CC(C(=O)NCc3nnnn3C3CCCCC3)CC2=O)cc1. The van der Waals surface area contributed by atoms with Crippen molar-refractivity contribution >= 4 is 17.5 Å². The van der Waals surface area contributed by atoms with Crippen molar-refractivity contribution in [3.63, 3.8) is 0 Å². The molecule has 0 spiro atoms. The van der Waals surface area contributed by atoms with E-state index in [4.69, 9.17) is 0 Å². The van der Waals surface area contributed by atoms with Crippen molar-refractivity contribution in [1.82, 2.24) is 25.5 Å². The lowest BCUT2D eigenvalue weighted by Gasteiger charge is -2.22. The summed E-state index contributed by atoms with van der Waals surface area (Å²) in [6, 6.07) is 8.11. The van der Waals surface area contributed by atoms with Crippen LogP contribution in [0.4, 0.5) is 5.69 Å². The van der Waals surface area contributed by atoms with Gasteiger partial charge in [-0.3, -0.25) is 9.59 Å². The van der Waals surface area contributed by atoms with Crippen LogP contribution in [0.25, 0.3) is 0 Å². The number of amides is 2. The van der Waals surface area contributed by atoms with Crippen molar-refractivity contribution < 1.29 is 9.59 Å². The molecule has 1 N–H and O–H groups in total. The topological polar surface area (TPSA) is 93.0 Å². The molecule has 1 unspecified atom stereocenters. The summed E-state index contributed by atoms with van der Waals surface area (Å²) in [6.07, 6.45) is 6.03. The monoisotopic (exact) mass is 382 g/mol. The molecule has 2 heterocycles. The van der Waals surface area contributed by atoms with E-state index in [2.05, 4.69) is 20.8 Å². The number of benzene rings is 1. The minimum Gasteiger partial charge on any atom is -0.348 e. The Morgan fingerprint density at radius 3 is 2.68 bits per heavy atom. The highest BCUT2D eigenvalue weighted by molar-refractivity contribution is 6.00. The van der Waals surface area contributed by atoms with Gasteiger partial charge in [0.25, 0.3) is 0 Å². The Bertz CT molecular complexity index is 841. The van der Waals surface area contributed by atoms with E-state index in [9.17, 15) is 9.59 Å². The van der Waals surface area contributed by atoms with Crippen molar-refractivity contribution in [3.05, 3.63) is 35.7 Å². The van der Waals surface area contributed by atoms with Crippen molar-refractivity contribution in [2.75, 3.05) is 11.4 Å². The van der Waals surface area contributed by atoms with E-state index in [1.807, 2.05) is 35.9 Å². The molecule has 0 bridgehead atoms. The maximum Gasteiger partial charge on any atom is 0.227 e. The second-order valence-electron chi connectivity index (χ2n) is 7.79. The number of nitrogens with one attached hydrogen (secondary N) is 1. The molecular formula is C20H26N6O2. The van der Waals surface area contributed by atoms with E-state index in [-0.39, 0.29) is 30.7 Å². The highest BCUT2D eigenvalue weighted by Crippen LogP contribution is 2.28. The zero-order valence-corrected chi connectivity index (χ0v) is 16.2. The molecule has 8 heteroatoms. The molecule has 1 aromatic heterocycles. The second kappa shape index (κ2) is 8.08. The first-order valence-corrected chi connectivity index (χ1v) is 10.0. The Morgan fingerprint density at radius 2 is 1.93 bits per heavy atom. The molecule has 4 rings (SSSR count). The molecular weight excluding hydrogens is 356 g/mol. The molecule has 1 saturated carbocycles. The number of hydrogen-bond acceptors (Lipinski definition) is 5. The van der Waals surface area contributed by atoms with Gasteiger partial charge in [0, 0.05) is 18.7 Å². The fourth-order valence-corrected chi connectivity index (χ4v) is 4.11. The van der Waals surface area contributed by atoms with Crippen LogP contribution in [0.3, 0.4) is 0 Å². The molecule has 8 nitrogen and oxygen atoms in total. The first kappa shape index (κ1) is 18.6. The molecule has 2 amide bonds. The van der Waals surface area contributed by atoms with Gasteiger partial charge < -0.3 is 10.2 Å². The van der Waals surface area contributed by atoms with E-state index in [1.54, 1.807) is 4.90 Å². The molecule has 2 aliphatic rings. The van der Waals surface area contributed by atoms with Crippen LogP contribution >= 0.6 is 0 Å². The summed E-state index contributed by atoms with van der Waals surface area (Å²) >= 11 is 0. The summed E-state index contributed by atoms with van der Waals surface area (Å²) < 4.78 is 1.86. The van der Waals surface area contributed by atoms with Crippen molar-refractivity contribution in [3.8, 4) is 0 Å². The molecule has 1 atom stereocenters. The Morgan fingerprint density at radius 1 is 1.18 bits per heavy atom. The van der Waals surface area contributed by atoms with Gasteiger partial charge in [-0.2, -0.15) is 0 Å². The summed E-state index contributed by atoms with van der Waals surface area (Å²) in [4.78, 5) is 26.7. The fraction of sp³-hybridized carbons (Fsp3) is 0.550. The lowest BCUT2D eigenvalue weighted by atomic mass is 9.95. The lowest BCUT2D eigenvalue weighted by Crippen LogP contribution is -2.33. The minimum absolute atomic E-state index is 0.0176. The quantitative estimate of drug-likeness (QED) is 0.855. The van der Waals surface area contributed by atoms with Gasteiger partial charge >= 0.3 is 0 Å². The average Bonchev–Trinajstić information content (AvgIpc) is 3.34. The third kappa shape index (κ3) is 3.90. The number of tetrazole rings is 1. The normalized spacial score (nSPS) is 20.5. The summed E-state index contributed by atoms with van der Waals surface area (Å²) in [7, 11) is 0. The van der Waals surface area contributed by atoms with E-state index >= 15 is 0 Å². The molecule has 0 radical (unpaired) electrons. The standard InChI is InChI=1S/C20H26N6O2/c1-14-7-9-16(10-8-14)25-13-15(11-19(25)27)20(28)21-12-18-22-23-24-26(18)17-5-3-2-4-6-17/h7-10,15,17H,2-6,11-13H2,1H3,(H,21,28). The van der Waals surface area contributed by atoms with Gasteiger partial charge in [-0.1, -0.05) is 37.0 Å². The lowest BCUT2D eigenvalue weighted by molar-refractivity contribution is -0.126. The van der Waals surface area contributed by atoms with Crippen LogP contribution in [-0.2, 0) is 16.1 Å². The second-order valence-corrected chi connectivity index (χ2v) is 7.79. The predicted molar refractivity (Wildman–Crippen MR) is 103 cm³/mol. The molecule has 1 aliphatic heterocycles. The third-order valence-corrected chi connectivity index (χ3v) is 5.74. The van der Waals surface area contributed by atoms with Gasteiger partial charge in [0.15, 0.2) is 5.82 Å². The predicted octanol–water partition coefficient (Wildman–Crippen LogP) is 2.16. The Hall–Kier alpha value is -2.77. The molecule has 28 heavy (non-hydrogen) atoms. The molecule has 1 aromatic carbocycles. The van der Waals surface area contributed by atoms with Crippen LogP contribution in [0.5, 0.6) is 0 Å². The van der Waals surface area contributed by atoms with Crippen LogP contribution < -0.4 is 10.2 Å². The van der Waals surface area contributed by atoms with Gasteiger partial charge in [-0.25, -0.2) is 4.68 Å². The first-order valence-electron chi connectivity index (χ1n) is 10.0. The highest BCUT2D eigenvalue weighted by atomic mass is 16.2. The number of hydrogen-bond donors (Lipinski definition) is 1. The smallest absolute Gasteiger partial charge is 0.227 e. The van der Waals surface area contributed by atoms with Crippen LogP contribution in [0, 0.1) is 12.8 Å². The number of nitrogens with zero attached hydrogens (tertiary/aromatic N) is 5. The van der Waals surface area contributed by atoms with Crippen LogP contribution in [0.1, 0.15) is 56.0 Å². The number of anilines is 1. The van der Waals surface area contributed by atoms with Crippen LogP contribution in [-0.4, -0.2) is 38.6 Å². The summed E-state index contributed by atoms with van der Waals surface area (Å²) in [5, 5.41) is 14.9. The fourth-order valence-electron chi connectivity index (χ4n) is 4.11. The molecule has 148 valence electrons. The van der Waals surface area contributed by atoms with E-state index in [0.29, 0.717) is 18.4 Å². The number of carbonyl (C=O) groups excluding carboxylic acids is 2. The van der Waals surface area contributed by atoms with Crippen LogP contribution in [0.2, 0.25) is 0 Å². The summed E-state index contributed by atoms with van der Waals surface area (Å²) in [5.41, 5.74) is 1.98. The van der Waals surface area contributed by atoms with Crippen molar-refractivity contribution in [2.45, 2.75) is 58.0 Å². The largest absolute Gasteiger partial charge is 0.348 e. The maximum atomic E-state index is 12.6. The average molecular weight is 382 g/mol. The van der Waals surface area contributed by atoms with Gasteiger partial charge in [0.2, 0.25) is 11.8 Å². The number of aryl methyl sites for hydroxylation is 1. The molecule has 2 aromatic rings. The maximum absolute atomic E-state index is 12.6. The first-order chi connectivity index (χ1) is 13.6. The van der Waals surface area contributed by atoms with Gasteiger partial charge in [-0.15, -0.1) is 5.10 Å². The number of carbonyl (C=O) groups is 2. The Labute approximate surface area is 164 Å². The Kier molecular flexibility index (Phi) is 5.36. The van der Waals surface area contributed by atoms with E-state index in [0.717, 1.165) is 24.1 Å². The third-order valence-electron chi connectivity index (χ3n) is 5.74. The van der Waals surface area contributed by atoms with Gasteiger partial charge in [0.1, 0.15) is 0 Å². The van der Waals surface area contributed by atoms with Gasteiger partial charge in [-0.05, 0) is 42.3 Å². The minimum atomic E-state index is -0.354. The molecule has 2 fully saturated rings. The van der Waals surface area contributed by atoms with Gasteiger partial charge in [0.05, 0.1) is 18.5 Å². The highest BCUT2D eigenvalue weighted by Gasteiger charge is 2.35. The van der Waals surface area contributed by atoms with Crippen LogP contribution in [0.15, 0.2) is 24.3 Å². The zero-order chi connectivity index (χ0) is 19.5.